The molecule has 0 aliphatic heterocycles. The Kier molecular flexibility index (Phi) is 7.25. The highest BCUT2D eigenvalue weighted by Gasteiger charge is 2.22. The quantitative estimate of drug-likeness (QED) is 0.415. The number of rotatable bonds is 8. The Bertz CT molecular complexity index is 1230. The fraction of sp³-hybridized carbons (Fsp3) is 0.296. The van der Waals surface area contributed by atoms with Crippen LogP contribution < -0.4 is 9.47 Å². The van der Waals surface area contributed by atoms with Crippen molar-refractivity contribution in [2.75, 3.05) is 7.11 Å². The van der Waals surface area contributed by atoms with E-state index in [4.69, 9.17) is 9.47 Å². The summed E-state index contributed by atoms with van der Waals surface area (Å²) in [5.74, 6) is -0.285. The third-order valence-corrected chi connectivity index (χ3v) is 5.28. The van der Waals surface area contributed by atoms with Crippen LogP contribution in [-0.2, 0) is 6.61 Å². The van der Waals surface area contributed by atoms with E-state index in [0.717, 1.165) is 0 Å². The number of benzene rings is 2. The maximum atomic E-state index is 12.6. The van der Waals surface area contributed by atoms with Gasteiger partial charge in [-0.25, -0.2) is 9.78 Å². The van der Waals surface area contributed by atoms with E-state index < -0.39 is 5.97 Å². The lowest BCUT2D eigenvalue weighted by Gasteiger charge is -2.18. The van der Waals surface area contributed by atoms with Gasteiger partial charge in [-0.2, -0.15) is 0 Å². The van der Waals surface area contributed by atoms with E-state index in [-0.39, 0.29) is 34.7 Å². The fourth-order valence-corrected chi connectivity index (χ4v) is 3.54. The molecule has 0 aliphatic carbocycles. The molecule has 0 atom stereocenters. The zero-order valence-electron chi connectivity index (χ0n) is 20.0. The van der Waals surface area contributed by atoms with E-state index >= 15 is 0 Å². The number of aromatic hydroxyl groups is 1. The van der Waals surface area contributed by atoms with Crippen molar-refractivity contribution in [3.8, 4) is 28.5 Å². The second kappa shape index (κ2) is 9.95. The third-order valence-electron chi connectivity index (χ3n) is 5.28. The standard InChI is InChI=1S/C27H29NO6/c1-16-23(12-10-19(25(16)30)22(29)14-27(2,3)4)34-15-18-7-6-8-21(28-18)20-13-17(26(31)32)9-11-24(20)33-5/h6-13,30H,14-15H2,1-5H3,(H,31,32). The minimum absolute atomic E-state index is 0.0799. The van der Waals surface area contributed by atoms with Gasteiger partial charge in [0.2, 0.25) is 0 Å². The minimum Gasteiger partial charge on any atom is -0.507 e. The van der Waals surface area contributed by atoms with Crippen LogP contribution in [0.5, 0.6) is 17.2 Å². The van der Waals surface area contributed by atoms with Crippen LogP contribution in [-0.4, -0.2) is 34.1 Å². The van der Waals surface area contributed by atoms with Crippen molar-refractivity contribution in [1.82, 2.24) is 4.98 Å². The Morgan fingerprint density at radius 1 is 1.03 bits per heavy atom. The van der Waals surface area contributed by atoms with E-state index in [1.54, 1.807) is 43.3 Å². The molecular weight excluding hydrogens is 434 g/mol. The van der Waals surface area contributed by atoms with Crippen LogP contribution in [0.15, 0.2) is 48.5 Å². The van der Waals surface area contributed by atoms with Gasteiger partial charge in [-0.05, 0) is 54.8 Å². The van der Waals surface area contributed by atoms with Crippen LogP contribution in [0.3, 0.4) is 0 Å². The molecule has 1 heterocycles. The number of carbonyl (C=O) groups is 2. The Hall–Kier alpha value is -3.87. The highest BCUT2D eigenvalue weighted by Crippen LogP contribution is 2.34. The van der Waals surface area contributed by atoms with E-state index in [9.17, 15) is 19.8 Å². The average Bonchev–Trinajstić information content (AvgIpc) is 2.78. The minimum atomic E-state index is -1.04. The smallest absolute Gasteiger partial charge is 0.335 e. The van der Waals surface area contributed by atoms with Gasteiger partial charge in [0.25, 0.3) is 0 Å². The fourth-order valence-electron chi connectivity index (χ4n) is 3.54. The lowest BCUT2D eigenvalue weighted by molar-refractivity contribution is 0.0696. The monoisotopic (exact) mass is 463 g/mol. The van der Waals surface area contributed by atoms with Crippen LogP contribution in [0.1, 0.15) is 59.2 Å². The summed E-state index contributed by atoms with van der Waals surface area (Å²) in [4.78, 5) is 28.5. The topological polar surface area (TPSA) is 106 Å². The molecule has 0 radical (unpaired) electrons. The van der Waals surface area contributed by atoms with Gasteiger partial charge in [-0.1, -0.05) is 26.8 Å². The van der Waals surface area contributed by atoms with Crippen molar-refractivity contribution in [3.05, 3.63) is 70.9 Å². The van der Waals surface area contributed by atoms with E-state index in [2.05, 4.69) is 4.98 Å². The molecule has 7 nitrogen and oxygen atoms in total. The van der Waals surface area contributed by atoms with Gasteiger partial charge in [0.05, 0.1) is 29.6 Å². The van der Waals surface area contributed by atoms with Crippen molar-refractivity contribution < 1.29 is 29.3 Å². The Labute approximate surface area is 199 Å². The highest BCUT2D eigenvalue weighted by molar-refractivity contribution is 5.99. The molecule has 178 valence electrons. The number of phenols is 1. The van der Waals surface area contributed by atoms with E-state index in [1.807, 2.05) is 20.8 Å². The summed E-state index contributed by atoms with van der Waals surface area (Å²) < 4.78 is 11.3. The van der Waals surface area contributed by atoms with E-state index in [1.165, 1.54) is 19.2 Å². The van der Waals surface area contributed by atoms with Gasteiger partial charge in [0, 0.05) is 17.5 Å². The normalized spacial score (nSPS) is 11.2. The number of hydrogen-bond acceptors (Lipinski definition) is 6. The average molecular weight is 464 g/mol. The molecule has 0 saturated carbocycles. The maximum absolute atomic E-state index is 12.6. The summed E-state index contributed by atoms with van der Waals surface area (Å²) in [6.07, 6.45) is 0.323. The predicted octanol–water partition coefficient (Wildman–Crippen LogP) is 5.67. The number of nitrogens with zero attached hydrogens (tertiary/aromatic N) is 1. The van der Waals surface area contributed by atoms with Crippen LogP contribution in [0.2, 0.25) is 0 Å². The number of carboxylic acid groups (broad SMARTS) is 1. The SMILES string of the molecule is COc1ccc(C(=O)O)cc1-c1cccc(COc2ccc(C(=O)CC(C)(C)C)c(O)c2C)n1. The summed E-state index contributed by atoms with van der Waals surface area (Å²) in [5.41, 5.74) is 2.41. The summed E-state index contributed by atoms with van der Waals surface area (Å²) in [6.45, 7) is 7.73. The molecule has 0 aliphatic rings. The van der Waals surface area contributed by atoms with Crippen molar-refractivity contribution >= 4 is 11.8 Å². The lowest BCUT2D eigenvalue weighted by Crippen LogP contribution is -2.13. The first-order chi connectivity index (χ1) is 16.0. The van der Waals surface area contributed by atoms with Crippen molar-refractivity contribution in [2.24, 2.45) is 5.41 Å². The molecule has 0 unspecified atom stereocenters. The Morgan fingerprint density at radius 3 is 2.38 bits per heavy atom. The summed E-state index contributed by atoms with van der Waals surface area (Å²) in [7, 11) is 1.51. The Balaban J connectivity index is 1.82. The first kappa shape index (κ1) is 24.8. The number of ketones is 1. The van der Waals surface area contributed by atoms with Crippen LogP contribution in [0.4, 0.5) is 0 Å². The summed E-state index contributed by atoms with van der Waals surface area (Å²) in [6, 6.07) is 13.2. The molecule has 0 spiro atoms. The molecule has 0 saturated heterocycles. The number of carboxylic acids is 1. The largest absolute Gasteiger partial charge is 0.507 e. The van der Waals surface area contributed by atoms with Gasteiger partial charge in [0.1, 0.15) is 23.9 Å². The molecule has 3 aromatic rings. The van der Waals surface area contributed by atoms with Crippen LogP contribution >= 0.6 is 0 Å². The number of Topliss-reactive ketones (excluding diaryl/α,β-unsaturated/α-hetero) is 1. The number of methoxy groups -OCH3 is 1. The first-order valence-corrected chi connectivity index (χ1v) is 10.9. The molecule has 2 N–H and O–H groups in total. The summed E-state index contributed by atoms with van der Waals surface area (Å²) >= 11 is 0. The second-order valence-electron chi connectivity index (χ2n) is 9.27. The number of phenolic OH excluding ortho intramolecular Hbond substituents is 1. The van der Waals surface area contributed by atoms with Gasteiger partial charge in [0.15, 0.2) is 5.78 Å². The third kappa shape index (κ3) is 5.73. The number of hydrogen-bond donors (Lipinski definition) is 2. The van der Waals surface area contributed by atoms with Crippen molar-refractivity contribution in [3.63, 3.8) is 0 Å². The number of ether oxygens (including phenoxy) is 2. The number of pyridine rings is 1. The predicted molar refractivity (Wildman–Crippen MR) is 129 cm³/mol. The molecule has 7 heteroatoms. The molecule has 3 rings (SSSR count). The number of aromatic nitrogens is 1. The molecule has 0 fully saturated rings. The van der Waals surface area contributed by atoms with Gasteiger partial charge >= 0.3 is 5.97 Å². The van der Waals surface area contributed by atoms with Crippen molar-refractivity contribution in [1.29, 1.82) is 0 Å². The summed E-state index contributed by atoms with van der Waals surface area (Å²) in [5, 5.41) is 19.9. The maximum Gasteiger partial charge on any atom is 0.335 e. The van der Waals surface area contributed by atoms with Gasteiger partial charge < -0.3 is 19.7 Å². The zero-order chi connectivity index (χ0) is 25.0. The number of carbonyl (C=O) groups excluding carboxylic acids is 1. The van der Waals surface area contributed by atoms with Crippen LogP contribution in [0.25, 0.3) is 11.3 Å². The molecule has 0 amide bonds. The Morgan fingerprint density at radius 2 is 1.74 bits per heavy atom. The first-order valence-electron chi connectivity index (χ1n) is 10.9. The van der Waals surface area contributed by atoms with Crippen molar-refractivity contribution in [2.45, 2.75) is 40.7 Å². The van der Waals surface area contributed by atoms with Gasteiger partial charge in [-0.15, -0.1) is 0 Å². The van der Waals surface area contributed by atoms with Crippen LogP contribution in [0, 0.1) is 12.3 Å². The van der Waals surface area contributed by atoms with Gasteiger partial charge in [-0.3, -0.25) is 4.79 Å². The van der Waals surface area contributed by atoms with E-state index in [0.29, 0.717) is 40.4 Å². The highest BCUT2D eigenvalue weighted by atomic mass is 16.5. The molecule has 1 aromatic heterocycles. The second-order valence-corrected chi connectivity index (χ2v) is 9.27. The molecule has 0 bridgehead atoms. The number of aromatic carboxylic acids is 1. The zero-order valence-corrected chi connectivity index (χ0v) is 20.0. The lowest BCUT2D eigenvalue weighted by atomic mass is 9.87. The molecule has 34 heavy (non-hydrogen) atoms. The molecule has 2 aromatic carbocycles. The molecular formula is C27H29NO6.